The lowest BCUT2D eigenvalue weighted by atomic mass is 9.58. The average molecular weight is 583 g/mol. The van der Waals surface area contributed by atoms with E-state index in [0.29, 0.717) is 17.8 Å². The molecule has 1 nitrogen and oxygen atoms in total. The summed E-state index contributed by atoms with van der Waals surface area (Å²) in [6.07, 6.45) is 26.0. The first-order valence-corrected chi connectivity index (χ1v) is 18.7. The van der Waals surface area contributed by atoms with Gasteiger partial charge in [-0.2, -0.15) is 0 Å². The Morgan fingerprint density at radius 3 is 1.79 bits per heavy atom. The fourth-order valence-corrected chi connectivity index (χ4v) is 13.7. The third-order valence-electron chi connectivity index (χ3n) is 11.6. The molecule has 2 heteroatoms. The summed E-state index contributed by atoms with van der Waals surface area (Å²) in [5, 5.41) is 3.97. The number of allylic oxidation sites excluding steroid dienone is 8. The first kappa shape index (κ1) is 28.6. The second-order valence-corrected chi connectivity index (χ2v) is 16.7. The number of fused-ring (bicyclic) bond motifs is 3. The van der Waals surface area contributed by atoms with Crippen LogP contribution in [0.5, 0.6) is 0 Å². The molecule has 0 spiro atoms. The normalized spacial score (nSPS) is 27.4. The van der Waals surface area contributed by atoms with Gasteiger partial charge in [0.2, 0.25) is 0 Å². The van der Waals surface area contributed by atoms with Gasteiger partial charge in [0.05, 0.1) is 0 Å². The molecule has 3 aromatic carbocycles. The van der Waals surface area contributed by atoms with Crippen LogP contribution in [0.15, 0.2) is 139 Å². The van der Waals surface area contributed by atoms with Crippen LogP contribution in [0.4, 0.5) is 0 Å². The van der Waals surface area contributed by atoms with Gasteiger partial charge in [0.15, 0.2) is 0 Å². The summed E-state index contributed by atoms with van der Waals surface area (Å²) >= 11 is 0. The molecule has 0 saturated heterocycles. The molecule has 0 N–H and O–H groups in total. The number of benzene rings is 3. The van der Waals surface area contributed by atoms with Gasteiger partial charge in [0, 0.05) is 6.61 Å². The van der Waals surface area contributed by atoms with Gasteiger partial charge in [0.1, 0.15) is 0 Å². The van der Waals surface area contributed by atoms with Gasteiger partial charge in [0.25, 0.3) is 8.32 Å². The van der Waals surface area contributed by atoms with E-state index in [1.165, 1.54) is 47.7 Å². The van der Waals surface area contributed by atoms with Crippen LogP contribution < -0.4 is 15.6 Å². The van der Waals surface area contributed by atoms with Gasteiger partial charge in [-0.05, 0) is 82.7 Å². The van der Waals surface area contributed by atoms with Crippen molar-refractivity contribution in [2.75, 3.05) is 6.61 Å². The van der Waals surface area contributed by atoms with Gasteiger partial charge >= 0.3 is 0 Å². The van der Waals surface area contributed by atoms with Crippen LogP contribution in [0.1, 0.15) is 51.9 Å². The van der Waals surface area contributed by atoms with Gasteiger partial charge in [-0.25, -0.2) is 0 Å². The molecule has 4 aliphatic carbocycles. The van der Waals surface area contributed by atoms with E-state index in [1.54, 1.807) is 5.57 Å². The Kier molecular flexibility index (Phi) is 8.25. The van der Waals surface area contributed by atoms with Crippen molar-refractivity contribution in [3.63, 3.8) is 0 Å². The minimum absolute atomic E-state index is 0.142. The molecule has 0 aromatic heterocycles. The van der Waals surface area contributed by atoms with E-state index in [0.717, 1.165) is 31.3 Å². The van der Waals surface area contributed by atoms with Crippen molar-refractivity contribution in [3.05, 3.63) is 139 Å². The van der Waals surface area contributed by atoms with E-state index in [4.69, 9.17) is 4.43 Å². The Morgan fingerprint density at radius 2 is 1.26 bits per heavy atom. The second-order valence-electron chi connectivity index (χ2n) is 13.3. The minimum Gasteiger partial charge on any atom is -0.404 e. The molecular weight excluding hydrogens is 537 g/mol. The van der Waals surface area contributed by atoms with E-state index >= 15 is 0 Å². The Hall–Kier alpha value is -3.20. The molecule has 2 fully saturated rings. The van der Waals surface area contributed by atoms with Crippen LogP contribution in [-0.4, -0.2) is 14.9 Å². The SMILES string of the molecule is CCC(CCO[Si](c1ccccc1)(c1ccccc1)c1ccccc1)(C1=CC=CC1)C1C2C=CC=CC2C2CCCCC21. The smallest absolute Gasteiger partial charge is 0.288 e. The molecule has 0 heterocycles. The molecule has 4 aliphatic rings. The number of hydrogen-bond acceptors (Lipinski definition) is 1. The molecule has 220 valence electrons. The largest absolute Gasteiger partial charge is 0.404 e. The van der Waals surface area contributed by atoms with E-state index in [2.05, 4.69) is 140 Å². The van der Waals surface area contributed by atoms with Gasteiger partial charge in [-0.3, -0.25) is 0 Å². The Bertz CT molecular complexity index is 1390. The first-order chi connectivity index (χ1) is 21.3. The molecule has 2 saturated carbocycles. The van der Waals surface area contributed by atoms with E-state index in [1.807, 2.05) is 0 Å². The summed E-state index contributed by atoms with van der Waals surface area (Å²) in [6.45, 7) is 3.24. The number of rotatable bonds is 10. The summed E-state index contributed by atoms with van der Waals surface area (Å²) < 4.78 is 7.60. The zero-order valence-electron chi connectivity index (χ0n) is 25.7. The van der Waals surface area contributed by atoms with Gasteiger partial charge < -0.3 is 4.43 Å². The topological polar surface area (TPSA) is 9.23 Å². The predicted octanol–water partition coefficient (Wildman–Crippen LogP) is 8.14. The van der Waals surface area contributed by atoms with E-state index < -0.39 is 8.32 Å². The van der Waals surface area contributed by atoms with Gasteiger partial charge in [-0.1, -0.05) is 159 Å². The summed E-state index contributed by atoms with van der Waals surface area (Å²) in [4.78, 5) is 0. The molecule has 0 aliphatic heterocycles. The third-order valence-corrected chi connectivity index (χ3v) is 15.6. The minimum atomic E-state index is -2.74. The van der Waals surface area contributed by atoms with Crippen molar-refractivity contribution < 1.29 is 4.43 Å². The molecule has 43 heavy (non-hydrogen) atoms. The maximum absolute atomic E-state index is 7.60. The van der Waals surface area contributed by atoms with Gasteiger partial charge in [-0.15, -0.1) is 0 Å². The molecular formula is C41H46OSi. The van der Waals surface area contributed by atoms with Crippen molar-refractivity contribution in [3.8, 4) is 0 Å². The summed E-state index contributed by atoms with van der Waals surface area (Å²) in [6, 6.07) is 33.3. The molecule has 0 bridgehead atoms. The lowest BCUT2D eigenvalue weighted by Gasteiger charge is -2.47. The highest BCUT2D eigenvalue weighted by Crippen LogP contribution is 2.63. The van der Waals surface area contributed by atoms with Crippen molar-refractivity contribution in [1.82, 2.24) is 0 Å². The Labute approximate surface area is 260 Å². The molecule has 6 unspecified atom stereocenters. The average Bonchev–Trinajstić information content (AvgIpc) is 3.75. The lowest BCUT2D eigenvalue weighted by Crippen LogP contribution is -2.69. The summed E-state index contributed by atoms with van der Waals surface area (Å²) in [5.74, 6) is 3.65. The van der Waals surface area contributed by atoms with Crippen molar-refractivity contribution in [1.29, 1.82) is 0 Å². The maximum Gasteiger partial charge on any atom is 0.288 e. The summed E-state index contributed by atoms with van der Waals surface area (Å²) in [5.41, 5.74) is 1.80. The van der Waals surface area contributed by atoms with Crippen LogP contribution in [0.3, 0.4) is 0 Å². The molecule has 0 amide bonds. The number of hydrogen-bond donors (Lipinski definition) is 0. The van der Waals surface area contributed by atoms with Crippen LogP contribution in [0.25, 0.3) is 0 Å². The highest BCUT2D eigenvalue weighted by molar-refractivity contribution is 7.07. The van der Waals surface area contributed by atoms with E-state index in [9.17, 15) is 0 Å². The fourth-order valence-electron chi connectivity index (χ4n) is 9.76. The maximum atomic E-state index is 7.60. The predicted molar refractivity (Wildman–Crippen MR) is 183 cm³/mol. The standard InChI is InChI=1S/C41H46OSi/c1-2-41(32-18-12-13-19-32,40-38-28-16-14-26-36(38)37-27-15-17-29-39(37)40)30-31-42-43(33-20-6-3-7-21-33,34-22-8-4-9-23-34)35-24-10-5-11-25-35/h3-14,16,18,20-26,28,36-40H,2,15,17,19,27,29-31H2,1H3. The van der Waals surface area contributed by atoms with Crippen LogP contribution in [0.2, 0.25) is 0 Å². The highest BCUT2D eigenvalue weighted by atomic mass is 28.4. The van der Waals surface area contributed by atoms with Crippen LogP contribution >= 0.6 is 0 Å². The van der Waals surface area contributed by atoms with Crippen molar-refractivity contribution >= 4 is 23.9 Å². The quantitative estimate of drug-likeness (QED) is 0.173. The second kappa shape index (κ2) is 12.4. The fraction of sp³-hybridized carbons (Fsp3) is 0.366. The zero-order valence-corrected chi connectivity index (χ0v) is 26.7. The monoisotopic (exact) mass is 582 g/mol. The Balaban J connectivity index is 1.30. The first-order valence-electron chi connectivity index (χ1n) is 16.8. The highest BCUT2D eigenvalue weighted by Gasteiger charge is 2.57. The summed E-state index contributed by atoms with van der Waals surface area (Å²) in [7, 11) is -2.74. The molecule has 3 aromatic rings. The van der Waals surface area contributed by atoms with Crippen molar-refractivity contribution in [2.45, 2.75) is 51.9 Å². The molecule has 7 rings (SSSR count). The van der Waals surface area contributed by atoms with Crippen molar-refractivity contribution in [2.24, 2.45) is 35.0 Å². The lowest BCUT2D eigenvalue weighted by molar-refractivity contribution is 0.0724. The molecule has 0 radical (unpaired) electrons. The third kappa shape index (κ3) is 4.97. The van der Waals surface area contributed by atoms with E-state index in [-0.39, 0.29) is 5.41 Å². The Morgan fingerprint density at radius 1 is 0.698 bits per heavy atom. The zero-order chi connectivity index (χ0) is 29.1. The van der Waals surface area contributed by atoms with Crippen LogP contribution in [-0.2, 0) is 4.43 Å². The van der Waals surface area contributed by atoms with Crippen LogP contribution in [0, 0.1) is 35.0 Å². The molecule has 6 atom stereocenters.